The van der Waals surface area contributed by atoms with Crippen LogP contribution in [-0.4, -0.2) is 29.2 Å². The van der Waals surface area contributed by atoms with Gasteiger partial charge in [0.1, 0.15) is 12.1 Å². The molecular weight excluding hydrogens is 238 g/mol. The Labute approximate surface area is 115 Å². The molecule has 0 spiro atoms. The van der Waals surface area contributed by atoms with Crippen LogP contribution in [0.5, 0.6) is 5.88 Å². The lowest BCUT2D eigenvalue weighted by Crippen LogP contribution is -2.39. The SMILES string of the molecule is CC#CCOc1cc(N2CCCCC2CC)ncn1. The molecule has 4 nitrogen and oxygen atoms in total. The van der Waals surface area contributed by atoms with Crippen molar-refractivity contribution in [2.24, 2.45) is 0 Å². The van der Waals surface area contributed by atoms with Gasteiger partial charge in [0.05, 0.1) is 0 Å². The third-order valence-electron chi connectivity index (χ3n) is 3.49. The van der Waals surface area contributed by atoms with E-state index in [0.717, 1.165) is 18.8 Å². The molecule has 1 aromatic heterocycles. The van der Waals surface area contributed by atoms with E-state index in [9.17, 15) is 0 Å². The van der Waals surface area contributed by atoms with Crippen LogP contribution in [0, 0.1) is 11.8 Å². The average molecular weight is 259 g/mol. The lowest BCUT2D eigenvalue weighted by molar-refractivity contribution is 0.353. The van der Waals surface area contributed by atoms with Gasteiger partial charge in [0.2, 0.25) is 5.88 Å². The third kappa shape index (κ3) is 3.60. The first-order valence-electron chi connectivity index (χ1n) is 6.96. The van der Waals surface area contributed by atoms with Crippen molar-refractivity contribution in [3.8, 4) is 17.7 Å². The highest BCUT2D eigenvalue weighted by molar-refractivity contribution is 5.42. The number of aromatic nitrogens is 2. The number of ether oxygens (including phenoxy) is 1. The van der Waals surface area contributed by atoms with Gasteiger partial charge >= 0.3 is 0 Å². The predicted octanol–water partition coefficient (Wildman–Crippen LogP) is 2.65. The molecule has 0 aliphatic carbocycles. The van der Waals surface area contributed by atoms with E-state index in [0.29, 0.717) is 18.5 Å². The minimum Gasteiger partial charge on any atom is -0.464 e. The van der Waals surface area contributed by atoms with Crippen LogP contribution in [0.2, 0.25) is 0 Å². The Hall–Kier alpha value is -1.76. The van der Waals surface area contributed by atoms with Gasteiger partial charge in [-0.2, -0.15) is 0 Å². The first kappa shape index (κ1) is 13.7. The van der Waals surface area contributed by atoms with Crippen LogP contribution in [0.4, 0.5) is 5.82 Å². The molecule has 0 saturated carbocycles. The van der Waals surface area contributed by atoms with Crippen LogP contribution in [0.3, 0.4) is 0 Å². The van der Waals surface area contributed by atoms with E-state index >= 15 is 0 Å². The third-order valence-corrected chi connectivity index (χ3v) is 3.49. The predicted molar refractivity (Wildman–Crippen MR) is 76.3 cm³/mol. The minimum atomic E-state index is 0.379. The van der Waals surface area contributed by atoms with Crippen LogP contribution in [-0.2, 0) is 0 Å². The first-order valence-corrected chi connectivity index (χ1v) is 6.96. The highest BCUT2D eigenvalue weighted by atomic mass is 16.5. The fourth-order valence-corrected chi connectivity index (χ4v) is 2.47. The summed E-state index contributed by atoms with van der Waals surface area (Å²) in [6.45, 7) is 5.49. The quantitative estimate of drug-likeness (QED) is 0.779. The maximum Gasteiger partial charge on any atom is 0.219 e. The van der Waals surface area contributed by atoms with Gasteiger partial charge in [-0.05, 0) is 32.6 Å². The molecule has 1 aliphatic rings. The van der Waals surface area contributed by atoms with E-state index in [2.05, 4.69) is 33.6 Å². The summed E-state index contributed by atoms with van der Waals surface area (Å²) in [5.74, 6) is 7.25. The maximum atomic E-state index is 5.50. The molecule has 0 N–H and O–H groups in total. The molecule has 0 bridgehead atoms. The summed E-state index contributed by atoms with van der Waals surface area (Å²) in [6.07, 6.45) is 6.53. The number of rotatable bonds is 4. The number of hydrogen-bond acceptors (Lipinski definition) is 4. The van der Waals surface area contributed by atoms with Crippen molar-refractivity contribution in [2.75, 3.05) is 18.1 Å². The summed E-state index contributed by atoms with van der Waals surface area (Å²) in [4.78, 5) is 10.9. The van der Waals surface area contributed by atoms with E-state index < -0.39 is 0 Å². The number of anilines is 1. The molecule has 1 fully saturated rings. The van der Waals surface area contributed by atoms with Crippen molar-refractivity contribution in [1.82, 2.24) is 9.97 Å². The van der Waals surface area contributed by atoms with Gasteiger partial charge in [0.25, 0.3) is 0 Å². The normalized spacial score (nSPS) is 18.6. The van der Waals surface area contributed by atoms with Gasteiger partial charge in [0, 0.05) is 18.7 Å². The lowest BCUT2D eigenvalue weighted by atomic mass is 10.0. The lowest BCUT2D eigenvalue weighted by Gasteiger charge is -2.36. The summed E-state index contributed by atoms with van der Waals surface area (Å²) in [7, 11) is 0. The summed E-state index contributed by atoms with van der Waals surface area (Å²) >= 11 is 0. The topological polar surface area (TPSA) is 38.2 Å². The van der Waals surface area contributed by atoms with Gasteiger partial charge in [0.15, 0.2) is 6.61 Å². The van der Waals surface area contributed by atoms with Gasteiger partial charge in [-0.1, -0.05) is 12.8 Å². The second kappa shape index (κ2) is 6.98. The van der Waals surface area contributed by atoms with Crippen molar-refractivity contribution in [1.29, 1.82) is 0 Å². The zero-order valence-corrected chi connectivity index (χ0v) is 11.7. The summed E-state index contributed by atoms with van der Waals surface area (Å²) in [6, 6.07) is 2.51. The summed E-state index contributed by atoms with van der Waals surface area (Å²) in [5, 5.41) is 0. The average Bonchev–Trinajstić information content (AvgIpc) is 2.48. The highest BCUT2D eigenvalue weighted by Gasteiger charge is 2.22. The zero-order valence-electron chi connectivity index (χ0n) is 11.7. The van der Waals surface area contributed by atoms with Crippen molar-refractivity contribution >= 4 is 5.82 Å². The molecule has 1 unspecified atom stereocenters. The van der Waals surface area contributed by atoms with Crippen LogP contribution < -0.4 is 9.64 Å². The second-order valence-electron chi connectivity index (χ2n) is 4.68. The molecule has 1 saturated heterocycles. The summed E-state index contributed by atoms with van der Waals surface area (Å²) in [5.41, 5.74) is 0. The Morgan fingerprint density at radius 2 is 2.32 bits per heavy atom. The van der Waals surface area contributed by atoms with Crippen LogP contribution in [0.1, 0.15) is 39.5 Å². The van der Waals surface area contributed by atoms with Crippen molar-refractivity contribution in [3.63, 3.8) is 0 Å². The second-order valence-corrected chi connectivity index (χ2v) is 4.68. The van der Waals surface area contributed by atoms with E-state index in [-0.39, 0.29) is 0 Å². The molecule has 19 heavy (non-hydrogen) atoms. The molecule has 4 heteroatoms. The van der Waals surface area contributed by atoms with Crippen LogP contribution >= 0.6 is 0 Å². The molecule has 1 atom stereocenters. The Bertz CT molecular complexity index is 464. The zero-order chi connectivity index (χ0) is 13.5. The fraction of sp³-hybridized carbons (Fsp3) is 0.600. The minimum absolute atomic E-state index is 0.379. The van der Waals surface area contributed by atoms with E-state index in [1.807, 2.05) is 6.07 Å². The van der Waals surface area contributed by atoms with Crippen LogP contribution in [0.15, 0.2) is 12.4 Å². The van der Waals surface area contributed by atoms with Crippen molar-refractivity contribution in [2.45, 2.75) is 45.6 Å². The Morgan fingerprint density at radius 3 is 3.11 bits per heavy atom. The molecule has 0 aromatic carbocycles. The standard InChI is InChI=1S/C15H21N3O/c1-3-5-10-19-15-11-14(16-12-17-15)18-9-7-6-8-13(18)4-2/h11-13H,4,6-10H2,1-2H3. The fourth-order valence-electron chi connectivity index (χ4n) is 2.47. The molecule has 102 valence electrons. The van der Waals surface area contributed by atoms with Crippen molar-refractivity contribution in [3.05, 3.63) is 12.4 Å². The largest absolute Gasteiger partial charge is 0.464 e. The Kier molecular flexibility index (Phi) is 5.02. The van der Waals surface area contributed by atoms with E-state index in [4.69, 9.17) is 4.74 Å². The van der Waals surface area contributed by atoms with Crippen LogP contribution in [0.25, 0.3) is 0 Å². The van der Waals surface area contributed by atoms with E-state index in [1.54, 1.807) is 13.3 Å². The number of nitrogens with zero attached hydrogens (tertiary/aromatic N) is 3. The molecule has 1 aromatic rings. The Balaban J connectivity index is 2.09. The molecule has 0 radical (unpaired) electrons. The number of hydrogen-bond donors (Lipinski definition) is 0. The molecule has 2 heterocycles. The highest BCUT2D eigenvalue weighted by Crippen LogP contribution is 2.26. The molecule has 1 aliphatic heterocycles. The van der Waals surface area contributed by atoms with Gasteiger partial charge in [-0.15, -0.1) is 5.92 Å². The van der Waals surface area contributed by atoms with Gasteiger partial charge in [-0.3, -0.25) is 0 Å². The van der Waals surface area contributed by atoms with Gasteiger partial charge in [-0.25, -0.2) is 9.97 Å². The summed E-state index contributed by atoms with van der Waals surface area (Å²) < 4.78 is 5.50. The number of piperidine rings is 1. The smallest absolute Gasteiger partial charge is 0.219 e. The van der Waals surface area contributed by atoms with E-state index in [1.165, 1.54) is 19.3 Å². The molecule has 2 rings (SSSR count). The van der Waals surface area contributed by atoms with Gasteiger partial charge < -0.3 is 9.64 Å². The Morgan fingerprint density at radius 1 is 1.42 bits per heavy atom. The van der Waals surface area contributed by atoms with Crippen molar-refractivity contribution < 1.29 is 4.74 Å². The first-order chi connectivity index (χ1) is 9.35. The molecule has 0 amide bonds. The monoisotopic (exact) mass is 259 g/mol. The molecular formula is C15H21N3O. The maximum absolute atomic E-state index is 5.50.